The van der Waals surface area contributed by atoms with Gasteiger partial charge in [-0.2, -0.15) is 5.10 Å². The summed E-state index contributed by atoms with van der Waals surface area (Å²) in [5, 5.41) is 18.3. The molecule has 1 aromatic heterocycles. The van der Waals surface area contributed by atoms with Crippen molar-refractivity contribution in [1.82, 2.24) is 20.0 Å². The lowest BCUT2D eigenvalue weighted by Crippen LogP contribution is -2.51. The monoisotopic (exact) mass is 434 g/mol. The molecule has 0 bridgehead atoms. The average molecular weight is 435 g/mol. The first-order valence-corrected chi connectivity index (χ1v) is 9.87. The summed E-state index contributed by atoms with van der Waals surface area (Å²) in [5.41, 5.74) is 1.51. The number of benzene rings is 1. The van der Waals surface area contributed by atoms with Crippen molar-refractivity contribution in [2.75, 3.05) is 37.6 Å². The Kier molecular flexibility index (Phi) is 6.56. The predicted octanol–water partition coefficient (Wildman–Crippen LogP) is 1.53. The molecule has 1 N–H and O–H groups in total. The molecule has 0 spiro atoms. The zero-order valence-electron chi connectivity index (χ0n) is 16.8. The van der Waals surface area contributed by atoms with Gasteiger partial charge in [-0.15, -0.1) is 0 Å². The molecule has 3 rings (SSSR count). The maximum Gasteiger partial charge on any atom is 0.312 e. The summed E-state index contributed by atoms with van der Waals surface area (Å²) in [6, 6.07) is 7.56. The summed E-state index contributed by atoms with van der Waals surface area (Å²) in [6.07, 6.45) is 0. The highest BCUT2D eigenvalue weighted by Crippen LogP contribution is 2.21. The zero-order valence-corrected chi connectivity index (χ0v) is 17.6. The summed E-state index contributed by atoms with van der Waals surface area (Å²) in [6.45, 7) is 5.25. The number of nitrogens with zero attached hydrogens (tertiary/aromatic N) is 5. The van der Waals surface area contributed by atoms with E-state index >= 15 is 0 Å². The first-order valence-electron chi connectivity index (χ1n) is 9.49. The molecular weight excluding hydrogens is 412 g/mol. The number of carbonyl (C=O) groups is 2. The molecule has 30 heavy (non-hydrogen) atoms. The molecule has 2 amide bonds. The molecule has 11 heteroatoms. The minimum Gasteiger partial charge on any atom is -0.368 e. The molecule has 1 aliphatic heterocycles. The average Bonchev–Trinajstić information content (AvgIpc) is 3.00. The van der Waals surface area contributed by atoms with Gasteiger partial charge in [0.25, 0.3) is 0 Å². The molecule has 1 aliphatic rings. The second-order valence-corrected chi connectivity index (χ2v) is 7.49. The van der Waals surface area contributed by atoms with E-state index in [0.29, 0.717) is 36.9 Å². The molecule has 0 saturated carbocycles. The lowest BCUT2D eigenvalue weighted by atomic mass is 10.2. The van der Waals surface area contributed by atoms with Crippen molar-refractivity contribution in [2.45, 2.75) is 20.4 Å². The summed E-state index contributed by atoms with van der Waals surface area (Å²) < 4.78 is 1.28. The number of aromatic nitrogens is 2. The maximum absolute atomic E-state index is 12.4. The minimum absolute atomic E-state index is 0.0996. The lowest BCUT2D eigenvalue weighted by molar-refractivity contribution is -0.386. The quantitative estimate of drug-likeness (QED) is 0.544. The number of piperazine rings is 1. The van der Waals surface area contributed by atoms with Gasteiger partial charge in [0.1, 0.15) is 17.9 Å². The van der Waals surface area contributed by atoms with Gasteiger partial charge >= 0.3 is 5.69 Å². The van der Waals surface area contributed by atoms with Gasteiger partial charge in [0, 0.05) is 36.9 Å². The molecule has 2 aromatic rings. The van der Waals surface area contributed by atoms with Gasteiger partial charge in [0.15, 0.2) is 0 Å². The number of aryl methyl sites for hydroxylation is 1. The van der Waals surface area contributed by atoms with E-state index in [1.165, 1.54) is 18.5 Å². The van der Waals surface area contributed by atoms with Crippen LogP contribution in [0.1, 0.15) is 11.4 Å². The lowest BCUT2D eigenvalue weighted by Gasteiger charge is -2.36. The summed E-state index contributed by atoms with van der Waals surface area (Å²) in [7, 11) is 0. The third kappa shape index (κ3) is 4.88. The fourth-order valence-electron chi connectivity index (χ4n) is 3.45. The van der Waals surface area contributed by atoms with Gasteiger partial charge < -0.3 is 15.1 Å². The van der Waals surface area contributed by atoms with Crippen LogP contribution in [0, 0.1) is 24.0 Å². The predicted molar refractivity (Wildman–Crippen MR) is 112 cm³/mol. The van der Waals surface area contributed by atoms with Crippen LogP contribution in [0.3, 0.4) is 0 Å². The van der Waals surface area contributed by atoms with Crippen LogP contribution in [-0.4, -0.2) is 64.1 Å². The summed E-state index contributed by atoms with van der Waals surface area (Å²) >= 11 is 5.92. The normalized spacial score (nSPS) is 14.0. The molecule has 1 fully saturated rings. The smallest absolute Gasteiger partial charge is 0.312 e. The van der Waals surface area contributed by atoms with E-state index in [0.717, 1.165) is 5.69 Å². The van der Waals surface area contributed by atoms with Crippen LogP contribution in [0.25, 0.3) is 0 Å². The van der Waals surface area contributed by atoms with Crippen LogP contribution >= 0.6 is 11.6 Å². The Morgan fingerprint density at radius 1 is 1.17 bits per heavy atom. The highest BCUT2D eigenvalue weighted by molar-refractivity contribution is 6.30. The van der Waals surface area contributed by atoms with Crippen LogP contribution in [0.4, 0.5) is 11.4 Å². The molecular formula is C19H23ClN6O4. The molecule has 1 aromatic carbocycles. The van der Waals surface area contributed by atoms with Gasteiger partial charge in [-0.25, -0.2) is 0 Å². The molecule has 0 aliphatic carbocycles. The van der Waals surface area contributed by atoms with Crippen LogP contribution in [0.5, 0.6) is 0 Å². The number of hydrogen-bond donors (Lipinski definition) is 1. The Labute approximate surface area is 178 Å². The van der Waals surface area contributed by atoms with E-state index in [-0.39, 0.29) is 30.4 Å². The number of amides is 2. The number of anilines is 1. The first kappa shape index (κ1) is 21.6. The van der Waals surface area contributed by atoms with E-state index in [2.05, 4.69) is 15.3 Å². The topological polar surface area (TPSA) is 114 Å². The van der Waals surface area contributed by atoms with Crippen LogP contribution < -0.4 is 10.2 Å². The van der Waals surface area contributed by atoms with E-state index < -0.39 is 10.8 Å². The van der Waals surface area contributed by atoms with E-state index in [4.69, 9.17) is 11.6 Å². The Morgan fingerprint density at radius 3 is 2.37 bits per heavy atom. The zero-order chi connectivity index (χ0) is 21.8. The molecule has 0 atom stereocenters. The number of carbonyl (C=O) groups excluding carboxylic acids is 2. The molecule has 1 saturated heterocycles. The third-order valence-electron chi connectivity index (χ3n) is 5.08. The fourth-order valence-corrected chi connectivity index (χ4v) is 3.58. The summed E-state index contributed by atoms with van der Waals surface area (Å²) in [4.78, 5) is 39.0. The second-order valence-electron chi connectivity index (χ2n) is 7.06. The van der Waals surface area contributed by atoms with Gasteiger partial charge in [-0.3, -0.25) is 24.4 Å². The highest BCUT2D eigenvalue weighted by atomic mass is 35.5. The molecule has 0 unspecified atom stereocenters. The summed E-state index contributed by atoms with van der Waals surface area (Å²) in [5.74, 6) is -0.595. The van der Waals surface area contributed by atoms with Gasteiger partial charge in [-0.05, 0) is 38.1 Å². The number of halogens is 1. The molecule has 0 radical (unpaired) electrons. The van der Waals surface area contributed by atoms with Crippen LogP contribution in [0.2, 0.25) is 5.02 Å². The second kappa shape index (κ2) is 9.12. The van der Waals surface area contributed by atoms with Crippen LogP contribution in [-0.2, 0) is 16.1 Å². The minimum atomic E-state index is -0.515. The maximum atomic E-state index is 12.4. The van der Waals surface area contributed by atoms with Crippen molar-refractivity contribution in [1.29, 1.82) is 0 Å². The Bertz CT molecular complexity index is 951. The number of hydrogen-bond acceptors (Lipinski definition) is 6. The van der Waals surface area contributed by atoms with E-state index in [1.807, 2.05) is 24.3 Å². The van der Waals surface area contributed by atoms with Crippen LogP contribution in [0.15, 0.2) is 24.3 Å². The van der Waals surface area contributed by atoms with Crippen molar-refractivity contribution in [3.8, 4) is 0 Å². The number of nitrogens with one attached hydrogen (secondary N) is 1. The van der Waals surface area contributed by atoms with Crippen molar-refractivity contribution in [2.24, 2.45) is 0 Å². The Morgan fingerprint density at radius 2 is 1.80 bits per heavy atom. The SMILES string of the molecule is Cc1nn(CC(=O)NCC(=O)N2CCN(c3ccc(Cl)cc3)CC2)c(C)c1[N+](=O)[O-]. The fraction of sp³-hybridized carbons (Fsp3) is 0.421. The van der Waals surface area contributed by atoms with Gasteiger partial charge in [0.05, 0.1) is 11.5 Å². The molecule has 2 heterocycles. The number of rotatable bonds is 6. The van der Waals surface area contributed by atoms with Gasteiger partial charge in [0.2, 0.25) is 11.8 Å². The standard InChI is InChI=1S/C19H23ClN6O4/c1-13-19(26(29)30)14(2)25(22-13)12-17(27)21-11-18(28)24-9-7-23(8-10-24)16-5-3-15(20)4-6-16/h3-6H,7-12H2,1-2H3,(H,21,27). The van der Waals surface area contributed by atoms with E-state index in [1.54, 1.807) is 4.90 Å². The Balaban J connectivity index is 1.47. The first-order chi connectivity index (χ1) is 14.3. The van der Waals surface area contributed by atoms with E-state index in [9.17, 15) is 19.7 Å². The van der Waals surface area contributed by atoms with Gasteiger partial charge in [-0.1, -0.05) is 11.6 Å². The van der Waals surface area contributed by atoms with Crippen molar-refractivity contribution in [3.63, 3.8) is 0 Å². The molecule has 10 nitrogen and oxygen atoms in total. The number of nitro groups is 1. The largest absolute Gasteiger partial charge is 0.368 e. The highest BCUT2D eigenvalue weighted by Gasteiger charge is 2.24. The van der Waals surface area contributed by atoms with Crippen molar-refractivity contribution >= 4 is 34.8 Å². The van der Waals surface area contributed by atoms with Crippen molar-refractivity contribution < 1.29 is 14.5 Å². The Hall–Kier alpha value is -3.14. The molecule has 160 valence electrons. The third-order valence-corrected chi connectivity index (χ3v) is 5.33. The van der Waals surface area contributed by atoms with Crippen molar-refractivity contribution in [3.05, 3.63) is 50.8 Å².